The molecule has 0 bridgehead atoms. The van der Waals surface area contributed by atoms with E-state index in [1.54, 1.807) is 0 Å². The summed E-state index contributed by atoms with van der Waals surface area (Å²) < 4.78 is 0. The first kappa shape index (κ1) is 33.8. The predicted octanol–water partition coefficient (Wildman–Crippen LogP) is 11.2. The van der Waals surface area contributed by atoms with Crippen molar-refractivity contribution < 1.29 is 15.3 Å². The summed E-state index contributed by atoms with van der Waals surface area (Å²) in [7, 11) is 0. The Morgan fingerprint density at radius 1 is 0.738 bits per heavy atom. The van der Waals surface area contributed by atoms with E-state index in [0.717, 1.165) is 47.1 Å². The predicted molar refractivity (Wildman–Crippen MR) is 179 cm³/mol. The third kappa shape index (κ3) is 6.31. The van der Waals surface area contributed by atoms with Crippen molar-refractivity contribution in [3.05, 3.63) is 80.6 Å². The third-order valence-corrected chi connectivity index (χ3v) is 10.2. The average molecular weight is 575 g/mol. The molecule has 0 aliphatic heterocycles. The van der Waals surface area contributed by atoms with Crippen molar-refractivity contribution in [2.75, 3.05) is 0 Å². The number of phenolic OH excluding ortho intramolecular Hbond substituents is 2. The first-order valence-corrected chi connectivity index (χ1v) is 15.8. The summed E-state index contributed by atoms with van der Waals surface area (Å²) in [4.78, 5) is 0. The molecule has 0 spiro atoms. The maximum absolute atomic E-state index is 11.4. The Bertz CT molecular complexity index is 1380. The van der Waals surface area contributed by atoms with Gasteiger partial charge in [-0.25, -0.2) is 0 Å². The highest BCUT2D eigenvalue weighted by atomic mass is 16.3. The van der Waals surface area contributed by atoms with Gasteiger partial charge in [0.2, 0.25) is 0 Å². The second-order valence-electron chi connectivity index (χ2n) is 16.2. The number of aliphatic hydroxyl groups excluding tert-OH is 1. The van der Waals surface area contributed by atoms with E-state index < -0.39 is 0 Å². The van der Waals surface area contributed by atoms with Gasteiger partial charge < -0.3 is 15.3 Å². The summed E-state index contributed by atoms with van der Waals surface area (Å²) in [5, 5.41) is 33.3. The monoisotopic (exact) mass is 574 g/mol. The minimum Gasteiger partial charge on any atom is -0.512 e. The number of aliphatic hydroxyl groups is 1. The minimum absolute atomic E-state index is 0.102. The average Bonchev–Trinajstić information content (AvgIpc) is 2.81. The molecule has 3 N–H and O–H groups in total. The van der Waals surface area contributed by atoms with Crippen molar-refractivity contribution in [2.24, 2.45) is 10.8 Å². The fourth-order valence-electron chi connectivity index (χ4n) is 7.34. The van der Waals surface area contributed by atoms with Gasteiger partial charge in [0, 0.05) is 11.3 Å². The summed E-state index contributed by atoms with van der Waals surface area (Å²) in [6.07, 6.45) is 4.56. The van der Waals surface area contributed by atoms with Gasteiger partial charge in [0.05, 0.1) is 5.76 Å². The molecule has 1 aliphatic carbocycles. The molecule has 3 nitrogen and oxygen atoms in total. The van der Waals surface area contributed by atoms with E-state index in [4.69, 9.17) is 0 Å². The van der Waals surface area contributed by atoms with Crippen LogP contribution in [0.25, 0.3) is 0 Å². The van der Waals surface area contributed by atoms with Crippen molar-refractivity contribution in [1.82, 2.24) is 0 Å². The summed E-state index contributed by atoms with van der Waals surface area (Å²) in [6.45, 7) is 30.5. The van der Waals surface area contributed by atoms with Crippen LogP contribution in [0.1, 0.15) is 148 Å². The normalized spacial score (nSPS) is 20.0. The standard InChI is InChI=1S/C39H58O3/c1-15-39(38(12,13)14)22-30(26(5)19-35(39)42)29(28-21-32(37(9,10)11)34(41)18-25(28)4)16-23(2)27-20-31(36(6,7)8)33(40)17-24(27)3/h17-21,23,29,40-42H,15-16,22H2,1-14H3. The lowest BCUT2D eigenvalue weighted by atomic mass is 9.57. The molecule has 3 rings (SSSR count). The molecule has 42 heavy (non-hydrogen) atoms. The van der Waals surface area contributed by atoms with Crippen LogP contribution in [0.3, 0.4) is 0 Å². The number of rotatable bonds is 6. The quantitative estimate of drug-likeness (QED) is 0.321. The van der Waals surface area contributed by atoms with Gasteiger partial charge in [-0.05, 0) is 119 Å². The molecule has 0 fully saturated rings. The van der Waals surface area contributed by atoms with Crippen LogP contribution < -0.4 is 0 Å². The highest BCUT2D eigenvalue weighted by Crippen LogP contribution is 2.57. The van der Waals surface area contributed by atoms with Gasteiger partial charge in [-0.2, -0.15) is 0 Å². The van der Waals surface area contributed by atoms with Gasteiger partial charge in [0.1, 0.15) is 11.5 Å². The van der Waals surface area contributed by atoms with Crippen molar-refractivity contribution in [2.45, 2.75) is 139 Å². The maximum Gasteiger partial charge on any atom is 0.119 e. The number of hydrogen-bond donors (Lipinski definition) is 3. The van der Waals surface area contributed by atoms with Gasteiger partial charge in [-0.1, -0.05) is 93.9 Å². The lowest BCUT2D eigenvalue weighted by Gasteiger charge is -2.48. The molecular formula is C39H58O3. The minimum atomic E-state index is -0.352. The first-order chi connectivity index (χ1) is 19.0. The zero-order valence-corrected chi connectivity index (χ0v) is 29.0. The number of aryl methyl sites for hydroxylation is 2. The van der Waals surface area contributed by atoms with Crippen molar-refractivity contribution in [3.8, 4) is 11.5 Å². The van der Waals surface area contributed by atoms with E-state index in [2.05, 4.69) is 109 Å². The fourth-order valence-corrected chi connectivity index (χ4v) is 7.34. The molecule has 0 aromatic heterocycles. The zero-order valence-electron chi connectivity index (χ0n) is 29.0. The number of phenols is 2. The molecule has 0 amide bonds. The summed E-state index contributed by atoms with van der Waals surface area (Å²) in [6, 6.07) is 8.34. The third-order valence-electron chi connectivity index (χ3n) is 10.2. The number of hydrogen-bond acceptors (Lipinski definition) is 3. The zero-order chi connectivity index (χ0) is 32.2. The summed E-state index contributed by atoms with van der Waals surface area (Å²) in [5.41, 5.74) is 8.31. The molecule has 3 heteroatoms. The molecule has 1 aliphatic rings. The highest BCUT2D eigenvalue weighted by Gasteiger charge is 2.47. The van der Waals surface area contributed by atoms with Crippen molar-refractivity contribution >= 4 is 0 Å². The molecule has 232 valence electrons. The molecule has 0 radical (unpaired) electrons. The summed E-state index contributed by atoms with van der Waals surface area (Å²) >= 11 is 0. The molecule has 0 saturated heterocycles. The second kappa shape index (κ2) is 11.4. The molecule has 2 aromatic carbocycles. The fraction of sp³-hybridized carbons (Fsp3) is 0.590. The smallest absolute Gasteiger partial charge is 0.119 e. The van der Waals surface area contributed by atoms with Crippen LogP contribution in [0.2, 0.25) is 0 Å². The lowest BCUT2D eigenvalue weighted by molar-refractivity contribution is 0.0645. The maximum atomic E-state index is 11.4. The van der Waals surface area contributed by atoms with Crippen molar-refractivity contribution in [3.63, 3.8) is 0 Å². The van der Waals surface area contributed by atoms with Gasteiger partial charge >= 0.3 is 0 Å². The van der Waals surface area contributed by atoms with Gasteiger partial charge in [0.25, 0.3) is 0 Å². The van der Waals surface area contributed by atoms with Crippen LogP contribution in [0.15, 0.2) is 47.2 Å². The summed E-state index contributed by atoms with van der Waals surface area (Å²) in [5.74, 6) is 1.52. The van der Waals surface area contributed by atoms with Crippen molar-refractivity contribution in [1.29, 1.82) is 0 Å². The molecule has 3 unspecified atom stereocenters. The SMILES string of the molecule is CCC1(C(C)(C)C)CC(C(CC(C)c2cc(C(C)(C)C)c(O)cc2C)c2cc(C(C)(C)C)c(O)cc2C)=C(C)C=C1O. The highest BCUT2D eigenvalue weighted by molar-refractivity contribution is 5.51. The van der Waals surface area contributed by atoms with E-state index in [1.165, 1.54) is 16.7 Å². The first-order valence-electron chi connectivity index (χ1n) is 15.8. The molecule has 0 saturated carbocycles. The lowest BCUT2D eigenvalue weighted by Crippen LogP contribution is -2.40. The molecule has 0 heterocycles. The van der Waals surface area contributed by atoms with E-state index >= 15 is 0 Å². The Morgan fingerprint density at radius 2 is 1.19 bits per heavy atom. The number of benzene rings is 2. The second-order valence-corrected chi connectivity index (χ2v) is 16.2. The Labute approximate surface area is 256 Å². The Hall–Kier alpha value is -2.68. The van der Waals surface area contributed by atoms with E-state index in [1.807, 2.05) is 18.2 Å². The Kier molecular flexibility index (Phi) is 9.21. The molecule has 3 atom stereocenters. The van der Waals surface area contributed by atoms with Gasteiger partial charge in [0.15, 0.2) is 0 Å². The van der Waals surface area contributed by atoms with Crippen LogP contribution in [0, 0.1) is 24.7 Å². The molecule has 2 aromatic rings. The van der Waals surface area contributed by atoms with Crippen LogP contribution in [-0.4, -0.2) is 15.3 Å². The van der Waals surface area contributed by atoms with E-state index in [-0.39, 0.29) is 33.5 Å². The van der Waals surface area contributed by atoms with Gasteiger partial charge in [-0.3, -0.25) is 0 Å². The van der Waals surface area contributed by atoms with E-state index in [0.29, 0.717) is 17.3 Å². The Balaban J connectivity index is 2.29. The van der Waals surface area contributed by atoms with Crippen LogP contribution >= 0.6 is 0 Å². The van der Waals surface area contributed by atoms with Crippen LogP contribution in [-0.2, 0) is 10.8 Å². The van der Waals surface area contributed by atoms with Crippen LogP contribution in [0.5, 0.6) is 11.5 Å². The van der Waals surface area contributed by atoms with Crippen LogP contribution in [0.4, 0.5) is 0 Å². The topological polar surface area (TPSA) is 60.7 Å². The Morgan fingerprint density at radius 3 is 1.62 bits per heavy atom. The number of allylic oxidation sites excluding steroid dienone is 4. The largest absolute Gasteiger partial charge is 0.512 e. The van der Waals surface area contributed by atoms with E-state index in [9.17, 15) is 15.3 Å². The number of aromatic hydroxyl groups is 2. The van der Waals surface area contributed by atoms with Gasteiger partial charge in [-0.15, -0.1) is 0 Å². The molecular weight excluding hydrogens is 516 g/mol.